The van der Waals surface area contributed by atoms with E-state index in [0.29, 0.717) is 42.3 Å². The minimum atomic E-state index is -4.13. The molecular formula is C30H20Cl4F2O2S. The van der Waals surface area contributed by atoms with Crippen molar-refractivity contribution in [3.63, 3.8) is 0 Å². The van der Waals surface area contributed by atoms with Gasteiger partial charge in [-0.1, -0.05) is 107 Å². The average Bonchev–Trinajstić information content (AvgIpc) is 2.88. The van der Waals surface area contributed by atoms with Crippen LogP contribution in [0.3, 0.4) is 0 Å². The highest BCUT2D eigenvalue weighted by Gasteiger charge is 2.33. The lowest BCUT2D eigenvalue weighted by molar-refractivity contribution is 0.583. The van der Waals surface area contributed by atoms with Crippen LogP contribution >= 0.6 is 46.4 Å². The van der Waals surface area contributed by atoms with Gasteiger partial charge in [0.25, 0.3) is 0 Å². The van der Waals surface area contributed by atoms with Crippen molar-refractivity contribution >= 4 is 68.4 Å². The molecule has 2 unspecified atom stereocenters. The van der Waals surface area contributed by atoms with Crippen molar-refractivity contribution in [3.8, 4) is 0 Å². The van der Waals surface area contributed by atoms with E-state index in [9.17, 15) is 17.2 Å². The van der Waals surface area contributed by atoms with Gasteiger partial charge in [-0.05, 0) is 70.8 Å². The van der Waals surface area contributed by atoms with Crippen LogP contribution in [0.4, 0.5) is 8.78 Å². The molecule has 0 aromatic heterocycles. The first kappa shape index (κ1) is 29.3. The predicted molar refractivity (Wildman–Crippen MR) is 158 cm³/mol. The molecule has 4 aromatic carbocycles. The van der Waals surface area contributed by atoms with E-state index in [1.165, 1.54) is 60.7 Å². The molecule has 0 saturated carbocycles. The van der Waals surface area contributed by atoms with Crippen LogP contribution in [-0.4, -0.2) is 8.42 Å². The zero-order valence-electron chi connectivity index (χ0n) is 20.0. The molecule has 2 nitrogen and oxygen atoms in total. The van der Waals surface area contributed by atoms with Crippen LogP contribution in [0.5, 0.6) is 0 Å². The molecule has 200 valence electrons. The first-order chi connectivity index (χ1) is 18.5. The third-order valence-electron chi connectivity index (χ3n) is 5.93. The van der Waals surface area contributed by atoms with E-state index in [0.717, 1.165) is 0 Å². The lowest BCUT2D eigenvalue weighted by Gasteiger charge is -2.22. The molecule has 4 rings (SSSR count). The van der Waals surface area contributed by atoms with E-state index in [1.54, 1.807) is 48.6 Å². The number of sulfone groups is 1. The third-order valence-corrected chi connectivity index (χ3v) is 9.33. The smallest absolute Gasteiger partial charge is 0.171 e. The number of hydrogen-bond donors (Lipinski definition) is 0. The van der Waals surface area contributed by atoms with Crippen LogP contribution in [0.15, 0.2) is 97.1 Å². The van der Waals surface area contributed by atoms with Gasteiger partial charge in [0.05, 0.1) is 0 Å². The molecule has 2 atom stereocenters. The monoisotopic (exact) mass is 622 g/mol. The molecule has 4 aromatic rings. The van der Waals surface area contributed by atoms with E-state index in [4.69, 9.17) is 46.4 Å². The van der Waals surface area contributed by atoms with Gasteiger partial charge in [0.2, 0.25) is 0 Å². The first-order valence-corrected chi connectivity index (χ1v) is 14.7. The zero-order chi connectivity index (χ0) is 28.2. The molecule has 0 aliphatic carbocycles. The Labute approximate surface area is 246 Å². The standard InChI is InChI=1S/C30H20Cl4F2O2S/c31-23-9-1-19(27(33)17-23)7-15-29(21-3-11-25(35)12-4-21)39(37,38)30(22-5-13-26(36)14-6-22)16-8-20-2-10-24(32)18-28(20)34/h1-18,29-30H/b15-7+,16-8+. The molecule has 0 N–H and O–H groups in total. The third kappa shape index (κ3) is 7.30. The first-order valence-electron chi connectivity index (χ1n) is 11.5. The summed E-state index contributed by atoms with van der Waals surface area (Å²) in [6, 6.07) is 20.1. The lowest BCUT2D eigenvalue weighted by atomic mass is 10.1. The van der Waals surface area contributed by atoms with Crippen LogP contribution in [0.2, 0.25) is 20.1 Å². The van der Waals surface area contributed by atoms with Gasteiger partial charge >= 0.3 is 0 Å². The molecule has 39 heavy (non-hydrogen) atoms. The Hall–Kier alpha value is -2.67. The summed E-state index contributed by atoms with van der Waals surface area (Å²) < 4.78 is 56.2. The van der Waals surface area contributed by atoms with Crippen molar-refractivity contribution in [2.75, 3.05) is 0 Å². The molecule has 0 heterocycles. The minimum Gasteiger partial charge on any atom is -0.227 e. The van der Waals surface area contributed by atoms with Crippen LogP contribution < -0.4 is 0 Å². The van der Waals surface area contributed by atoms with Crippen molar-refractivity contribution < 1.29 is 17.2 Å². The van der Waals surface area contributed by atoms with Crippen LogP contribution in [0.1, 0.15) is 32.8 Å². The number of rotatable bonds is 8. The van der Waals surface area contributed by atoms with Crippen LogP contribution in [-0.2, 0) is 9.84 Å². The van der Waals surface area contributed by atoms with E-state index in [1.807, 2.05) is 0 Å². The van der Waals surface area contributed by atoms with Crippen molar-refractivity contribution in [2.45, 2.75) is 10.5 Å². The van der Waals surface area contributed by atoms with Gasteiger partial charge in [-0.3, -0.25) is 0 Å². The number of halogens is 6. The van der Waals surface area contributed by atoms with Crippen molar-refractivity contribution in [3.05, 3.63) is 151 Å². The number of hydrogen-bond acceptors (Lipinski definition) is 2. The molecule has 0 radical (unpaired) electrons. The summed E-state index contributed by atoms with van der Waals surface area (Å²) in [6.07, 6.45) is 6.12. The fourth-order valence-corrected chi connectivity index (χ4v) is 6.87. The summed E-state index contributed by atoms with van der Waals surface area (Å²) in [4.78, 5) is 0. The zero-order valence-corrected chi connectivity index (χ0v) is 23.9. The summed E-state index contributed by atoms with van der Waals surface area (Å²) >= 11 is 24.6. The molecule has 9 heteroatoms. The summed E-state index contributed by atoms with van der Waals surface area (Å²) in [5.41, 5.74) is 1.76. The molecule has 0 bridgehead atoms. The highest BCUT2D eigenvalue weighted by Crippen LogP contribution is 2.38. The maximum Gasteiger partial charge on any atom is 0.171 e. The minimum absolute atomic E-state index is 0.335. The van der Waals surface area contributed by atoms with Crippen LogP contribution in [0.25, 0.3) is 12.2 Å². The topological polar surface area (TPSA) is 34.1 Å². The van der Waals surface area contributed by atoms with Gasteiger partial charge in [-0.2, -0.15) is 0 Å². The lowest BCUT2D eigenvalue weighted by Crippen LogP contribution is -2.19. The summed E-state index contributed by atoms with van der Waals surface area (Å²) in [5.74, 6) is -1.01. The summed E-state index contributed by atoms with van der Waals surface area (Å²) in [6.45, 7) is 0. The van der Waals surface area contributed by atoms with Gasteiger partial charge in [0.15, 0.2) is 9.84 Å². The Balaban J connectivity index is 1.85. The highest BCUT2D eigenvalue weighted by atomic mass is 35.5. The van der Waals surface area contributed by atoms with Gasteiger partial charge < -0.3 is 0 Å². The Morgan fingerprint density at radius 1 is 0.564 bits per heavy atom. The maximum atomic E-state index is 14.3. The SMILES string of the molecule is O=S(=O)(C(/C=C/c1ccc(Cl)cc1Cl)c1ccc(F)cc1)C(/C=C/c1ccc(Cl)cc1Cl)c1ccc(F)cc1. The Kier molecular flexibility index (Phi) is 9.52. The maximum absolute atomic E-state index is 14.3. The van der Waals surface area contributed by atoms with Gasteiger partial charge in [-0.25, -0.2) is 17.2 Å². The Morgan fingerprint density at radius 2 is 0.923 bits per heavy atom. The van der Waals surface area contributed by atoms with Gasteiger partial charge in [0.1, 0.15) is 22.1 Å². The normalized spacial score (nSPS) is 13.7. The molecule has 0 aliphatic rings. The van der Waals surface area contributed by atoms with Crippen molar-refractivity contribution in [1.82, 2.24) is 0 Å². The average molecular weight is 624 g/mol. The Bertz CT molecular complexity index is 1520. The van der Waals surface area contributed by atoms with Gasteiger partial charge in [0, 0.05) is 20.1 Å². The van der Waals surface area contributed by atoms with Crippen molar-refractivity contribution in [2.24, 2.45) is 0 Å². The van der Waals surface area contributed by atoms with E-state index < -0.39 is 32.0 Å². The fourth-order valence-electron chi connectivity index (χ4n) is 3.94. The second kappa shape index (κ2) is 12.7. The Morgan fingerprint density at radius 3 is 1.26 bits per heavy atom. The second-order valence-electron chi connectivity index (χ2n) is 8.58. The quantitative estimate of drug-likeness (QED) is 0.196. The molecule has 0 aliphatic heterocycles. The molecule has 0 spiro atoms. The fraction of sp³-hybridized carbons (Fsp3) is 0.0667. The predicted octanol–water partition coefficient (Wildman–Crippen LogP) is 10.2. The molecular weight excluding hydrogens is 604 g/mol. The van der Waals surface area contributed by atoms with Gasteiger partial charge in [-0.15, -0.1) is 0 Å². The van der Waals surface area contributed by atoms with E-state index in [-0.39, 0.29) is 0 Å². The highest BCUT2D eigenvalue weighted by molar-refractivity contribution is 7.92. The molecule has 0 amide bonds. The van der Waals surface area contributed by atoms with Crippen molar-refractivity contribution in [1.29, 1.82) is 0 Å². The largest absolute Gasteiger partial charge is 0.227 e. The van der Waals surface area contributed by atoms with E-state index in [2.05, 4.69) is 0 Å². The van der Waals surface area contributed by atoms with Crippen LogP contribution in [0, 0.1) is 11.6 Å². The summed E-state index contributed by atoms with van der Waals surface area (Å²) in [5, 5.41) is -0.900. The second-order valence-corrected chi connectivity index (χ2v) is 12.5. The molecule has 0 saturated heterocycles. The number of benzene rings is 4. The van der Waals surface area contributed by atoms with E-state index >= 15 is 0 Å². The molecule has 0 fully saturated rings. The summed E-state index contributed by atoms with van der Waals surface area (Å²) in [7, 11) is -4.13.